The van der Waals surface area contributed by atoms with Crippen LogP contribution in [0.15, 0.2) is 97.1 Å². The van der Waals surface area contributed by atoms with Crippen LogP contribution in [0.1, 0.15) is 49.7 Å². The van der Waals surface area contributed by atoms with E-state index in [0.29, 0.717) is 17.3 Å². The van der Waals surface area contributed by atoms with Crippen LogP contribution in [0.5, 0.6) is 23.0 Å². The van der Waals surface area contributed by atoms with Crippen molar-refractivity contribution in [1.29, 1.82) is 0 Å². The van der Waals surface area contributed by atoms with E-state index in [2.05, 4.69) is 48.5 Å². The predicted octanol–water partition coefficient (Wildman–Crippen LogP) is 8.23. The summed E-state index contributed by atoms with van der Waals surface area (Å²) < 4.78 is 13.2. The minimum Gasteiger partial charge on any atom is -0.457 e. The monoisotopic (exact) mass is 502 g/mol. The van der Waals surface area contributed by atoms with Crippen molar-refractivity contribution in [3.63, 3.8) is 0 Å². The number of rotatable bonds is 6. The first-order chi connectivity index (χ1) is 18.6. The highest BCUT2D eigenvalue weighted by Gasteiger charge is 2.70. The van der Waals surface area contributed by atoms with Gasteiger partial charge in [0, 0.05) is 45.5 Å². The molecule has 0 aliphatic heterocycles. The lowest BCUT2D eigenvalue weighted by atomic mass is 9.53. The Hall–Kier alpha value is -3.92. The van der Waals surface area contributed by atoms with Crippen LogP contribution < -0.4 is 20.9 Å². The normalized spacial score (nSPS) is 27.3. The van der Waals surface area contributed by atoms with E-state index >= 15 is 0 Å². The molecule has 0 radical (unpaired) electrons. The van der Waals surface area contributed by atoms with Gasteiger partial charge in [0.2, 0.25) is 0 Å². The molecule has 4 N–H and O–H groups in total. The predicted molar refractivity (Wildman–Crippen MR) is 153 cm³/mol. The second-order valence-electron chi connectivity index (χ2n) is 11.4. The molecule has 4 aromatic carbocycles. The van der Waals surface area contributed by atoms with E-state index in [1.165, 1.54) is 36.8 Å². The van der Waals surface area contributed by atoms with Gasteiger partial charge < -0.3 is 20.9 Å². The molecule has 3 saturated carbocycles. The molecule has 4 heteroatoms. The summed E-state index contributed by atoms with van der Waals surface area (Å²) in [5.41, 5.74) is 16.3. The molecule has 0 heterocycles. The van der Waals surface area contributed by atoms with Gasteiger partial charge >= 0.3 is 0 Å². The molecule has 3 aliphatic rings. The summed E-state index contributed by atoms with van der Waals surface area (Å²) in [6, 6.07) is 32.9. The van der Waals surface area contributed by atoms with Crippen molar-refractivity contribution in [2.75, 3.05) is 11.5 Å². The number of para-hydroxylation sites is 2. The van der Waals surface area contributed by atoms with Crippen molar-refractivity contribution in [2.24, 2.45) is 11.8 Å². The molecule has 2 bridgehead atoms. The Morgan fingerprint density at radius 3 is 1.89 bits per heavy atom. The minimum absolute atomic E-state index is 0.00200. The van der Waals surface area contributed by atoms with Gasteiger partial charge in [0.1, 0.15) is 23.0 Å². The first-order valence-electron chi connectivity index (χ1n) is 13.8. The summed E-state index contributed by atoms with van der Waals surface area (Å²) in [5.74, 6) is 4.82. The van der Waals surface area contributed by atoms with Crippen LogP contribution in [0.3, 0.4) is 0 Å². The SMILES string of the molecule is Nc1cccc(Oc2ccccc2C23CCC(C2)C2CCCC23c2ccccc2Oc2cccc(N)c2)c1. The molecule has 0 aromatic heterocycles. The van der Waals surface area contributed by atoms with E-state index in [0.717, 1.165) is 41.8 Å². The van der Waals surface area contributed by atoms with E-state index in [1.54, 1.807) is 0 Å². The van der Waals surface area contributed by atoms with Crippen molar-refractivity contribution >= 4 is 11.4 Å². The number of nitrogen functional groups attached to an aromatic ring is 2. The third-order valence-corrected chi connectivity index (χ3v) is 9.64. The van der Waals surface area contributed by atoms with Crippen LogP contribution in [0.25, 0.3) is 0 Å². The van der Waals surface area contributed by atoms with Crippen molar-refractivity contribution < 1.29 is 9.47 Å². The van der Waals surface area contributed by atoms with Gasteiger partial charge in [-0.15, -0.1) is 0 Å². The smallest absolute Gasteiger partial charge is 0.131 e. The zero-order valence-corrected chi connectivity index (χ0v) is 21.6. The Kier molecular flexibility index (Phi) is 5.40. The van der Waals surface area contributed by atoms with Gasteiger partial charge in [-0.05, 0) is 80.3 Å². The lowest BCUT2D eigenvalue weighted by Crippen LogP contribution is -2.48. The number of nitrogens with two attached hydrogens (primary N) is 2. The fourth-order valence-corrected chi connectivity index (χ4v) is 8.46. The maximum absolute atomic E-state index is 6.61. The number of hydrogen-bond acceptors (Lipinski definition) is 4. The van der Waals surface area contributed by atoms with Gasteiger partial charge in [-0.25, -0.2) is 0 Å². The highest BCUT2D eigenvalue weighted by Crippen LogP contribution is 2.75. The number of benzene rings is 4. The highest BCUT2D eigenvalue weighted by atomic mass is 16.5. The number of fused-ring (bicyclic) bond motifs is 5. The molecule has 7 rings (SSSR count). The zero-order chi connectivity index (χ0) is 25.7. The summed E-state index contributed by atoms with van der Waals surface area (Å²) >= 11 is 0. The molecule has 3 aliphatic carbocycles. The topological polar surface area (TPSA) is 70.5 Å². The fraction of sp³-hybridized carbons (Fsp3) is 0.294. The summed E-state index contributed by atoms with van der Waals surface area (Å²) in [6.45, 7) is 0. The molecule has 0 amide bonds. The molecular formula is C34H34N2O2. The van der Waals surface area contributed by atoms with Crippen molar-refractivity contribution in [1.82, 2.24) is 0 Å². The second-order valence-corrected chi connectivity index (χ2v) is 11.4. The van der Waals surface area contributed by atoms with Crippen LogP contribution in [-0.2, 0) is 10.8 Å². The van der Waals surface area contributed by atoms with Gasteiger partial charge in [-0.1, -0.05) is 55.0 Å². The standard InChI is InChI=1S/C34H34N2O2/c35-24-8-5-10-26(20-24)37-31-15-3-1-12-29(31)33-19-17-23(22-33)28-14-7-18-34(28,33)30-13-2-4-16-32(30)38-27-11-6-9-25(36)21-27/h1-6,8-13,15-16,20-21,23,28H,7,14,17-19,22,35-36H2. The second kappa shape index (κ2) is 8.83. The van der Waals surface area contributed by atoms with Crippen molar-refractivity contribution in [3.8, 4) is 23.0 Å². The highest BCUT2D eigenvalue weighted by molar-refractivity contribution is 5.56. The largest absolute Gasteiger partial charge is 0.457 e. The first kappa shape index (κ1) is 23.2. The number of ether oxygens (including phenoxy) is 2. The Balaban J connectivity index is 1.38. The van der Waals surface area contributed by atoms with E-state index in [1.807, 2.05) is 48.5 Å². The van der Waals surface area contributed by atoms with E-state index < -0.39 is 0 Å². The van der Waals surface area contributed by atoms with Crippen LogP contribution in [0.4, 0.5) is 11.4 Å². The van der Waals surface area contributed by atoms with Gasteiger partial charge in [0.05, 0.1) is 0 Å². The Bertz CT molecular complexity index is 1500. The third kappa shape index (κ3) is 3.43. The number of anilines is 2. The molecular weight excluding hydrogens is 468 g/mol. The first-order valence-corrected chi connectivity index (χ1v) is 13.8. The average Bonchev–Trinajstić information content (AvgIpc) is 3.62. The summed E-state index contributed by atoms with van der Waals surface area (Å²) in [7, 11) is 0. The van der Waals surface area contributed by atoms with Crippen LogP contribution >= 0.6 is 0 Å². The molecule has 192 valence electrons. The molecule has 38 heavy (non-hydrogen) atoms. The zero-order valence-electron chi connectivity index (χ0n) is 21.6. The van der Waals surface area contributed by atoms with Crippen LogP contribution in [0.2, 0.25) is 0 Å². The van der Waals surface area contributed by atoms with Crippen LogP contribution in [-0.4, -0.2) is 0 Å². The minimum atomic E-state index is -0.00900. The summed E-state index contributed by atoms with van der Waals surface area (Å²) in [6.07, 6.45) is 7.32. The molecule has 4 unspecified atom stereocenters. The average molecular weight is 503 g/mol. The van der Waals surface area contributed by atoms with Gasteiger partial charge in [-0.3, -0.25) is 0 Å². The Morgan fingerprint density at radius 1 is 0.632 bits per heavy atom. The van der Waals surface area contributed by atoms with E-state index in [9.17, 15) is 0 Å². The van der Waals surface area contributed by atoms with Gasteiger partial charge in [-0.2, -0.15) is 0 Å². The summed E-state index contributed by atoms with van der Waals surface area (Å²) in [4.78, 5) is 0. The van der Waals surface area contributed by atoms with Gasteiger partial charge in [0.15, 0.2) is 0 Å². The molecule has 4 atom stereocenters. The Labute approximate surface area is 224 Å². The molecule has 4 nitrogen and oxygen atoms in total. The Morgan fingerprint density at radius 2 is 1.24 bits per heavy atom. The summed E-state index contributed by atoms with van der Waals surface area (Å²) in [5, 5.41) is 0. The molecule has 4 aromatic rings. The lowest BCUT2D eigenvalue weighted by molar-refractivity contribution is 0.165. The molecule has 0 spiro atoms. The van der Waals surface area contributed by atoms with Crippen molar-refractivity contribution in [2.45, 2.75) is 49.4 Å². The van der Waals surface area contributed by atoms with Gasteiger partial charge in [0.25, 0.3) is 0 Å². The van der Waals surface area contributed by atoms with E-state index in [4.69, 9.17) is 20.9 Å². The molecule has 3 fully saturated rings. The van der Waals surface area contributed by atoms with Crippen molar-refractivity contribution in [3.05, 3.63) is 108 Å². The lowest BCUT2D eigenvalue weighted by Gasteiger charge is -2.50. The fourth-order valence-electron chi connectivity index (χ4n) is 8.46. The maximum Gasteiger partial charge on any atom is 0.131 e. The molecule has 0 saturated heterocycles. The van der Waals surface area contributed by atoms with E-state index in [-0.39, 0.29) is 10.8 Å². The maximum atomic E-state index is 6.61. The third-order valence-electron chi connectivity index (χ3n) is 9.64. The number of hydrogen-bond donors (Lipinski definition) is 2. The van der Waals surface area contributed by atoms with Crippen LogP contribution in [0, 0.1) is 11.8 Å². The quantitative estimate of drug-likeness (QED) is 0.261.